The van der Waals surface area contributed by atoms with Gasteiger partial charge in [-0.1, -0.05) is 6.92 Å². The molecule has 3 nitrogen and oxygen atoms in total. The second kappa shape index (κ2) is 1.74. The molecule has 1 saturated heterocycles. The molecule has 0 radical (unpaired) electrons. The molecule has 1 heterocycles. The van der Waals surface area contributed by atoms with E-state index in [1.165, 1.54) is 0 Å². The molecule has 0 aromatic carbocycles. The lowest BCUT2D eigenvalue weighted by atomic mass is 9.94. The Morgan fingerprint density at radius 3 is 2.50 bits per heavy atom. The molecule has 0 bridgehead atoms. The molecular formula is C5H9NO2. The van der Waals surface area contributed by atoms with E-state index in [1.807, 2.05) is 6.92 Å². The van der Waals surface area contributed by atoms with E-state index in [0.29, 0.717) is 5.92 Å². The molecule has 1 aliphatic heterocycles. The summed E-state index contributed by atoms with van der Waals surface area (Å²) in [5.74, 6) is -0.420. The monoisotopic (exact) mass is 115 g/mol. The van der Waals surface area contributed by atoms with E-state index in [2.05, 4.69) is 5.32 Å². The summed E-state index contributed by atoms with van der Waals surface area (Å²) in [5.41, 5.74) is 0. The van der Waals surface area contributed by atoms with Gasteiger partial charge in [0.05, 0.1) is 0 Å². The van der Waals surface area contributed by atoms with Gasteiger partial charge < -0.3 is 10.4 Å². The van der Waals surface area contributed by atoms with Gasteiger partial charge in [0.25, 0.3) is 0 Å². The molecule has 46 valence electrons. The van der Waals surface area contributed by atoms with E-state index in [9.17, 15) is 4.79 Å². The zero-order valence-corrected chi connectivity index (χ0v) is 4.72. The van der Waals surface area contributed by atoms with Gasteiger partial charge >= 0.3 is 5.97 Å². The molecule has 1 fully saturated rings. The molecule has 0 spiro atoms. The van der Waals surface area contributed by atoms with Gasteiger partial charge in [0.15, 0.2) is 0 Å². The van der Waals surface area contributed by atoms with Gasteiger partial charge in [-0.2, -0.15) is 0 Å². The summed E-state index contributed by atoms with van der Waals surface area (Å²) in [4.78, 5) is 10.1. The first-order valence-electron chi connectivity index (χ1n) is 2.68. The van der Waals surface area contributed by atoms with Crippen LogP contribution in [0.4, 0.5) is 0 Å². The summed E-state index contributed by atoms with van der Waals surface area (Å²) in [5, 5.41) is 11.1. The van der Waals surface area contributed by atoms with Crippen LogP contribution in [-0.2, 0) is 4.79 Å². The highest BCUT2D eigenvalue weighted by Gasteiger charge is 2.31. The predicted octanol–water partition coefficient (Wildman–Crippen LogP) is -0.321. The van der Waals surface area contributed by atoms with Crippen LogP contribution in [0.1, 0.15) is 6.92 Å². The Kier molecular flexibility index (Phi) is 1.21. The lowest BCUT2D eigenvalue weighted by molar-refractivity contribution is -0.143. The maximum Gasteiger partial charge on any atom is 0.321 e. The Balaban J connectivity index is 2.37. The van der Waals surface area contributed by atoms with Crippen LogP contribution in [0.3, 0.4) is 0 Å². The van der Waals surface area contributed by atoms with Crippen molar-refractivity contribution in [1.82, 2.24) is 5.32 Å². The quantitative estimate of drug-likeness (QED) is 0.492. The summed E-state index contributed by atoms with van der Waals surface area (Å²) >= 11 is 0. The molecule has 0 aromatic heterocycles. The average molecular weight is 115 g/mol. The SMILES string of the molecule is CC1CN[C@@H]1C(=O)O. The first-order chi connectivity index (χ1) is 3.72. The molecular weight excluding hydrogens is 106 g/mol. The molecule has 2 atom stereocenters. The van der Waals surface area contributed by atoms with Gasteiger partial charge in [0, 0.05) is 6.54 Å². The fourth-order valence-electron chi connectivity index (χ4n) is 0.802. The van der Waals surface area contributed by atoms with Crippen LogP contribution in [0.15, 0.2) is 0 Å². The van der Waals surface area contributed by atoms with Crippen molar-refractivity contribution in [2.45, 2.75) is 13.0 Å². The van der Waals surface area contributed by atoms with E-state index in [1.54, 1.807) is 0 Å². The minimum atomic E-state index is -0.733. The molecule has 1 rings (SSSR count). The van der Waals surface area contributed by atoms with E-state index >= 15 is 0 Å². The number of hydrogen-bond donors (Lipinski definition) is 2. The molecule has 0 saturated carbocycles. The van der Waals surface area contributed by atoms with E-state index in [4.69, 9.17) is 5.11 Å². The van der Waals surface area contributed by atoms with Crippen molar-refractivity contribution in [3.05, 3.63) is 0 Å². The maximum absolute atomic E-state index is 10.1. The third kappa shape index (κ3) is 0.690. The number of carboxylic acids is 1. The molecule has 2 N–H and O–H groups in total. The topological polar surface area (TPSA) is 49.3 Å². The van der Waals surface area contributed by atoms with Gasteiger partial charge in [0.1, 0.15) is 6.04 Å². The minimum absolute atomic E-state index is 0.282. The van der Waals surface area contributed by atoms with Crippen LogP contribution in [0, 0.1) is 5.92 Å². The average Bonchev–Trinajstić information content (AvgIpc) is 1.61. The third-order valence-electron chi connectivity index (χ3n) is 1.49. The van der Waals surface area contributed by atoms with Gasteiger partial charge in [-0.25, -0.2) is 0 Å². The van der Waals surface area contributed by atoms with Crippen LogP contribution >= 0.6 is 0 Å². The zero-order chi connectivity index (χ0) is 6.15. The lowest BCUT2D eigenvalue weighted by Crippen LogP contribution is -2.55. The molecule has 1 unspecified atom stereocenters. The van der Waals surface area contributed by atoms with Gasteiger partial charge in [-0.05, 0) is 5.92 Å². The van der Waals surface area contributed by atoms with E-state index in [0.717, 1.165) is 6.54 Å². The Hall–Kier alpha value is -0.570. The van der Waals surface area contributed by atoms with Crippen molar-refractivity contribution in [1.29, 1.82) is 0 Å². The Morgan fingerprint density at radius 2 is 2.50 bits per heavy atom. The highest BCUT2D eigenvalue weighted by atomic mass is 16.4. The summed E-state index contributed by atoms with van der Waals surface area (Å²) in [6, 6.07) is -0.282. The van der Waals surface area contributed by atoms with Gasteiger partial charge in [-0.15, -0.1) is 0 Å². The first-order valence-corrected chi connectivity index (χ1v) is 2.68. The lowest BCUT2D eigenvalue weighted by Gasteiger charge is -2.31. The minimum Gasteiger partial charge on any atom is -0.480 e. The van der Waals surface area contributed by atoms with Crippen LogP contribution < -0.4 is 5.32 Å². The molecule has 1 aliphatic rings. The summed E-state index contributed by atoms with van der Waals surface area (Å²) in [6.07, 6.45) is 0. The second-order valence-electron chi connectivity index (χ2n) is 2.20. The third-order valence-corrected chi connectivity index (χ3v) is 1.49. The number of carbonyl (C=O) groups is 1. The summed E-state index contributed by atoms with van der Waals surface area (Å²) < 4.78 is 0. The molecule has 0 aliphatic carbocycles. The first kappa shape index (κ1) is 5.56. The van der Waals surface area contributed by atoms with Crippen LogP contribution in [0.2, 0.25) is 0 Å². The zero-order valence-electron chi connectivity index (χ0n) is 4.72. The van der Waals surface area contributed by atoms with Crippen molar-refractivity contribution in [3.63, 3.8) is 0 Å². The fraction of sp³-hybridized carbons (Fsp3) is 0.800. The van der Waals surface area contributed by atoms with Crippen molar-refractivity contribution in [2.24, 2.45) is 5.92 Å². The number of aliphatic carboxylic acids is 1. The maximum atomic E-state index is 10.1. The number of hydrogen-bond acceptors (Lipinski definition) is 2. The Labute approximate surface area is 47.7 Å². The Bertz CT molecular complexity index is 113. The number of nitrogens with one attached hydrogen (secondary N) is 1. The van der Waals surface area contributed by atoms with Crippen molar-refractivity contribution in [2.75, 3.05) is 6.54 Å². The summed E-state index contributed by atoms with van der Waals surface area (Å²) in [6.45, 7) is 2.77. The highest BCUT2D eigenvalue weighted by Crippen LogP contribution is 2.10. The molecule has 8 heavy (non-hydrogen) atoms. The second-order valence-corrected chi connectivity index (χ2v) is 2.20. The van der Waals surface area contributed by atoms with Gasteiger partial charge in [0.2, 0.25) is 0 Å². The molecule has 3 heteroatoms. The molecule has 0 aromatic rings. The molecule has 0 amide bonds. The summed E-state index contributed by atoms with van der Waals surface area (Å²) in [7, 11) is 0. The number of carboxylic acid groups (broad SMARTS) is 1. The van der Waals surface area contributed by atoms with Crippen molar-refractivity contribution in [3.8, 4) is 0 Å². The smallest absolute Gasteiger partial charge is 0.321 e. The van der Waals surface area contributed by atoms with Crippen molar-refractivity contribution >= 4 is 5.97 Å². The normalized spacial score (nSPS) is 36.1. The van der Waals surface area contributed by atoms with E-state index in [-0.39, 0.29) is 6.04 Å². The van der Waals surface area contributed by atoms with E-state index < -0.39 is 5.97 Å². The van der Waals surface area contributed by atoms with Crippen LogP contribution in [0.5, 0.6) is 0 Å². The predicted molar refractivity (Wildman–Crippen MR) is 28.6 cm³/mol. The standard InChI is InChI=1S/C5H9NO2/c1-3-2-6-4(3)5(7)8/h3-4,6H,2H2,1H3,(H,7,8)/t3?,4-/m0/s1. The van der Waals surface area contributed by atoms with Crippen molar-refractivity contribution < 1.29 is 9.90 Å². The van der Waals surface area contributed by atoms with Crippen LogP contribution in [0.25, 0.3) is 0 Å². The highest BCUT2D eigenvalue weighted by molar-refractivity contribution is 5.74. The van der Waals surface area contributed by atoms with Crippen LogP contribution in [-0.4, -0.2) is 23.7 Å². The Morgan fingerprint density at radius 1 is 1.88 bits per heavy atom. The largest absolute Gasteiger partial charge is 0.480 e. The number of rotatable bonds is 1. The van der Waals surface area contributed by atoms with Gasteiger partial charge in [-0.3, -0.25) is 4.79 Å². The fourth-order valence-corrected chi connectivity index (χ4v) is 0.802.